The molecule has 2 unspecified atom stereocenters. The number of hydrogen-bond donors (Lipinski definition) is 1. The zero-order valence-corrected chi connectivity index (χ0v) is 11.0. The smallest absolute Gasteiger partial charge is 0.0832 e. The predicted octanol–water partition coefficient (Wildman–Crippen LogP) is 3.63. The Balaban J connectivity index is 2.03. The number of aliphatic hydroxyl groups excluding tert-OH is 1. The second kappa shape index (κ2) is 5.54. The largest absolute Gasteiger partial charge is 0.391 e. The van der Waals surface area contributed by atoms with Crippen LogP contribution in [0.3, 0.4) is 0 Å². The molecule has 1 N–H and O–H groups in total. The Bertz CT molecular complexity index is 414. The van der Waals surface area contributed by atoms with E-state index in [-0.39, 0.29) is 0 Å². The average molecular weight is 243 g/mol. The highest BCUT2D eigenvalue weighted by Gasteiger charge is 2.41. The molecule has 2 nitrogen and oxygen atoms in total. The molecule has 1 aromatic carbocycles. The zero-order valence-electron chi connectivity index (χ0n) is 11.0. The van der Waals surface area contributed by atoms with E-state index < -0.39 is 11.5 Å². The Morgan fingerprint density at radius 1 is 1.28 bits per heavy atom. The number of aliphatic hydroxyl groups is 1. The van der Waals surface area contributed by atoms with Crippen LogP contribution in [0.1, 0.15) is 50.5 Å². The van der Waals surface area contributed by atoms with E-state index in [2.05, 4.69) is 25.1 Å². The monoisotopic (exact) mass is 243 g/mol. The molecule has 2 rings (SSSR count). The molecule has 1 aliphatic carbocycles. The maximum Gasteiger partial charge on any atom is 0.0832 e. The first-order valence-electron chi connectivity index (χ1n) is 6.82. The summed E-state index contributed by atoms with van der Waals surface area (Å²) in [4.78, 5) is 0. The molecule has 0 radical (unpaired) electrons. The summed E-state index contributed by atoms with van der Waals surface area (Å²) in [5.74, 6) is 0.298. The van der Waals surface area contributed by atoms with Gasteiger partial charge in [-0.15, -0.1) is 0 Å². The molecule has 0 heterocycles. The Morgan fingerprint density at radius 2 is 1.89 bits per heavy atom. The van der Waals surface area contributed by atoms with Crippen LogP contribution in [0.5, 0.6) is 0 Å². The number of rotatable bonds is 4. The molecule has 1 saturated carbocycles. The fourth-order valence-electron chi connectivity index (χ4n) is 3.00. The van der Waals surface area contributed by atoms with Crippen LogP contribution in [0.2, 0.25) is 0 Å². The van der Waals surface area contributed by atoms with Crippen LogP contribution in [0.15, 0.2) is 30.3 Å². The molecule has 2 atom stereocenters. The molecule has 0 amide bonds. The molecule has 0 spiro atoms. The standard InChI is InChI=1S/C16H21NO/c1-13(14-7-3-2-4-8-14)11-15(18)16(12-17)9-5-6-10-16/h2-4,7-8,13,15,18H,5-6,9-11H2,1H3. The van der Waals surface area contributed by atoms with Crippen molar-refractivity contribution in [2.75, 3.05) is 0 Å². The van der Waals surface area contributed by atoms with Crippen LogP contribution in [-0.4, -0.2) is 11.2 Å². The van der Waals surface area contributed by atoms with Gasteiger partial charge in [0.25, 0.3) is 0 Å². The number of nitriles is 1. The summed E-state index contributed by atoms with van der Waals surface area (Å²) in [6.07, 6.45) is 4.03. The summed E-state index contributed by atoms with van der Waals surface area (Å²) < 4.78 is 0. The summed E-state index contributed by atoms with van der Waals surface area (Å²) >= 11 is 0. The van der Waals surface area contributed by atoms with Gasteiger partial charge in [-0.3, -0.25) is 0 Å². The van der Waals surface area contributed by atoms with Crippen LogP contribution in [0.4, 0.5) is 0 Å². The summed E-state index contributed by atoms with van der Waals surface area (Å²) in [5, 5.41) is 19.8. The summed E-state index contributed by atoms with van der Waals surface area (Å²) in [5.41, 5.74) is 0.755. The lowest BCUT2D eigenvalue weighted by molar-refractivity contribution is 0.0549. The van der Waals surface area contributed by atoms with Gasteiger partial charge in [0.1, 0.15) is 0 Å². The minimum absolute atomic E-state index is 0.298. The maximum absolute atomic E-state index is 10.4. The Hall–Kier alpha value is -1.33. The van der Waals surface area contributed by atoms with Gasteiger partial charge in [-0.2, -0.15) is 5.26 Å². The lowest BCUT2D eigenvalue weighted by atomic mass is 9.77. The van der Waals surface area contributed by atoms with Crippen molar-refractivity contribution in [1.82, 2.24) is 0 Å². The van der Waals surface area contributed by atoms with E-state index in [1.807, 2.05) is 18.2 Å². The fourth-order valence-corrected chi connectivity index (χ4v) is 3.00. The van der Waals surface area contributed by atoms with E-state index in [4.69, 9.17) is 0 Å². The minimum atomic E-state index is -0.500. The first kappa shape index (κ1) is 13.1. The number of nitrogens with zero attached hydrogens (tertiary/aromatic N) is 1. The topological polar surface area (TPSA) is 44.0 Å². The molecule has 1 aliphatic rings. The molecular weight excluding hydrogens is 222 g/mol. The molecule has 0 aliphatic heterocycles. The first-order chi connectivity index (χ1) is 8.68. The molecule has 0 aromatic heterocycles. The summed E-state index contributed by atoms with van der Waals surface area (Å²) in [6.45, 7) is 2.12. The van der Waals surface area contributed by atoms with Gasteiger partial charge in [-0.1, -0.05) is 50.1 Å². The normalized spacial score (nSPS) is 21.2. The van der Waals surface area contributed by atoms with Gasteiger partial charge in [0.15, 0.2) is 0 Å². The van der Waals surface area contributed by atoms with Gasteiger partial charge in [0, 0.05) is 0 Å². The number of hydrogen-bond acceptors (Lipinski definition) is 2. The highest BCUT2D eigenvalue weighted by atomic mass is 16.3. The summed E-state index contributed by atoms with van der Waals surface area (Å²) in [7, 11) is 0. The third-order valence-corrected chi connectivity index (χ3v) is 4.30. The van der Waals surface area contributed by atoms with Crippen LogP contribution in [-0.2, 0) is 0 Å². The second-order valence-electron chi connectivity index (χ2n) is 5.54. The predicted molar refractivity (Wildman–Crippen MR) is 72.0 cm³/mol. The lowest BCUT2D eigenvalue weighted by Gasteiger charge is -2.29. The van der Waals surface area contributed by atoms with Crippen molar-refractivity contribution in [3.05, 3.63) is 35.9 Å². The van der Waals surface area contributed by atoms with Gasteiger partial charge in [0.05, 0.1) is 17.6 Å². The molecule has 1 fully saturated rings. The molecule has 2 heteroatoms. The van der Waals surface area contributed by atoms with E-state index in [1.165, 1.54) is 5.56 Å². The zero-order chi connectivity index (χ0) is 13.0. The van der Waals surface area contributed by atoms with E-state index in [0.717, 1.165) is 25.7 Å². The van der Waals surface area contributed by atoms with Crippen molar-refractivity contribution in [1.29, 1.82) is 5.26 Å². The maximum atomic E-state index is 10.4. The average Bonchev–Trinajstić information content (AvgIpc) is 2.89. The molecular formula is C16H21NO. The lowest BCUT2D eigenvalue weighted by Crippen LogP contribution is -2.32. The quantitative estimate of drug-likeness (QED) is 0.877. The molecule has 96 valence electrons. The Morgan fingerprint density at radius 3 is 2.44 bits per heavy atom. The van der Waals surface area contributed by atoms with Crippen molar-refractivity contribution >= 4 is 0 Å². The van der Waals surface area contributed by atoms with Crippen molar-refractivity contribution in [3.8, 4) is 6.07 Å². The van der Waals surface area contributed by atoms with Crippen LogP contribution < -0.4 is 0 Å². The van der Waals surface area contributed by atoms with Gasteiger partial charge in [0.2, 0.25) is 0 Å². The van der Waals surface area contributed by atoms with E-state index in [1.54, 1.807) is 0 Å². The highest BCUT2D eigenvalue weighted by Crippen LogP contribution is 2.43. The van der Waals surface area contributed by atoms with Crippen LogP contribution >= 0.6 is 0 Å². The summed E-state index contributed by atoms with van der Waals surface area (Å²) in [6, 6.07) is 12.6. The second-order valence-corrected chi connectivity index (χ2v) is 5.54. The molecule has 1 aromatic rings. The third-order valence-electron chi connectivity index (χ3n) is 4.30. The van der Waals surface area contributed by atoms with Crippen LogP contribution in [0.25, 0.3) is 0 Å². The SMILES string of the molecule is CC(CC(O)C1(C#N)CCCC1)c1ccccc1. The van der Waals surface area contributed by atoms with Crippen molar-refractivity contribution in [2.24, 2.45) is 5.41 Å². The van der Waals surface area contributed by atoms with Gasteiger partial charge < -0.3 is 5.11 Å². The Labute approximate surface area is 109 Å². The van der Waals surface area contributed by atoms with E-state index >= 15 is 0 Å². The third kappa shape index (κ3) is 2.57. The van der Waals surface area contributed by atoms with Gasteiger partial charge in [-0.05, 0) is 30.7 Å². The van der Waals surface area contributed by atoms with Crippen LogP contribution in [0, 0.1) is 16.7 Å². The van der Waals surface area contributed by atoms with Crippen molar-refractivity contribution < 1.29 is 5.11 Å². The van der Waals surface area contributed by atoms with E-state index in [9.17, 15) is 10.4 Å². The molecule has 0 saturated heterocycles. The van der Waals surface area contributed by atoms with Crippen molar-refractivity contribution in [3.63, 3.8) is 0 Å². The first-order valence-corrected chi connectivity index (χ1v) is 6.82. The van der Waals surface area contributed by atoms with E-state index in [0.29, 0.717) is 12.3 Å². The fraction of sp³-hybridized carbons (Fsp3) is 0.562. The molecule has 18 heavy (non-hydrogen) atoms. The van der Waals surface area contributed by atoms with Gasteiger partial charge in [-0.25, -0.2) is 0 Å². The minimum Gasteiger partial charge on any atom is -0.391 e. The highest BCUT2D eigenvalue weighted by molar-refractivity contribution is 5.19. The Kier molecular flexibility index (Phi) is 4.04. The van der Waals surface area contributed by atoms with Crippen molar-refractivity contribution in [2.45, 2.75) is 51.0 Å². The van der Waals surface area contributed by atoms with Gasteiger partial charge >= 0.3 is 0 Å². The molecule has 0 bridgehead atoms. The number of benzene rings is 1.